The Morgan fingerprint density at radius 2 is 1.96 bits per heavy atom. The van der Waals surface area contributed by atoms with Crippen LogP contribution < -0.4 is 14.8 Å². The fourth-order valence-corrected chi connectivity index (χ4v) is 3.95. The summed E-state index contributed by atoms with van der Waals surface area (Å²) >= 11 is 0. The highest BCUT2D eigenvalue weighted by molar-refractivity contribution is 7.91. The van der Waals surface area contributed by atoms with E-state index in [9.17, 15) is 13.2 Å². The van der Waals surface area contributed by atoms with E-state index in [-0.39, 0.29) is 41.4 Å². The molecule has 1 heterocycles. The lowest BCUT2D eigenvalue weighted by molar-refractivity contribution is -0.133. The van der Waals surface area contributed by atoms with Crippen LogP contribution in [0.3, 0.4) is 0 Å². The van der Waals surface area contributed by atoms with Crippen LogP contribution in [0.4, 0.5) is 0 Å². The Morgan fingerprint density at radius 1 is 1.28 bits per heavy atom. The summed E-state index contributed by atoms with van der Waals surface area (Å²) in [6, 6.07) is 4.52. The van der Waals surface area contributed by atoms with Crippen LogP contribution in [0.1, 0.15) is 13.3 Å². The maximum Gasteiger partial charge on any atom is 0.223 e. The van der Waals surface area contributed by atoms with Crippen LogP contribution in [0.2, 0.25) is 0 Å². The van der Waals surface area contributed by atoms with E-state index in [1.165, 1.54) is 26.4 Å². The summed E-state index contributed by atoms with van der Waals surface area (Å²) in [6.45, 7) is 4.02. The van der Waals surface area contributed by atoms with Crippen LogP contribution in [0.25, 0.3) is 0 Å². The second-order valence-electron chi connectivity index (χ2n) is 5.73. The fourth-order valence-electron chi connectivity index (χ4n) is 2.70. The molecule has 1 aliphatic heterocycles. The minimum Gasteiger partial charge on any atom is -0.493 e. The van der Waals surface area contributed by atoms with Gasteiger partial charge < -0.3 is 19.7 Å². The predicted molar refractivity (Wildman–Crippen MR) is 97.5 cm³/mol. The zero-order valence-corrected chi connectivity index (χ0v) is 16.3. The predicted octanol–water partition coefficient (Wildman–Crippen LogP) is 1.11. The molecule has 0 aromatic heterocycles. The van der Waals surface area contributed by atoms with Crippen molar-refractivity contribution >= 4 is 28.2 Å². The smallest absolute Gasteiger partial charge is 0.223 e. The van der Waals surface area contributed by atoms with Gasteiger partial charge in [0, 0.05) is 38.2 Å². The highest BCUT2D eigenvalue weighted by Crippen LogP contribution is 2.30. The van der Waals surface area contributed by atoms with Gasteiger partial charge >= 0.3 is 0 Å². The van der Waals surface area contributed by atoms with Crippen molar-refractivity contribution in [1.82, 2.24) is 10.2 Å². The molecular formula is C16H25ClN2O5S. The van der Waals surface area contributed by atoms with Crippen molar-refractivity contribution in [3.8, 4) is 11.5 Å². The summed E-state index contributed by atoms with van der Waals surface area (Å²) in [5, 5.41) is 3.20. The van der Waals surface area contributed by atoms with Gasteiger partial charge in [0.05, 0.1) is 24.9 Å². The van der Waals surface area contributed by atoms with Gasteiger partial charge in [-0.15, -0.1) is 12.4 Å². The van der Waals surface area contributed by atoms with Crippen LogP contribution in [0.15, 0.2) is 23.1 Å². The number of halogens is 1. The van der Waals surface area contributed by atoms with Gasteiger partial charge in [0.2, 0.25) is 5.91 Å². The quantitative estimate of drug-likeness (QED) is 0.780. The summed E-state index contributed by atoms with van der Waals surface area (Å²) in [6.07, 6.45) is -0.0268. The second-order valence-corrected chi connectivity index (χ2v) is 7.84. The van der Waals surface area contributed by atoms with Crippen LogP contribution in [0, 0.1) is 0 Å². The lowest BCUT2D eigenvalue weighted by Crippen LogP contribution is -2.52. The molecule has 1 aromatic carbocycles. The summed E-state index contributed by atoms with van der Waals surface area (Å²) in [5.41, 5.74) is 0. The molecule has 0 aliphatic carbocycles. The minimum atomic E-state index is -3.57. The van der Waals surface area contributed by atoms with Crippen molar-refractivity contribution in [3.63, 3.8) is 0 Å². The van der Waals surface area contributed by atoms with Crippen molar-refractivity contribution < 1.29 is 22.7 Å². The molecule has 0 saturated carbocycles. The number of carbonyl (C=O) groups excluding carboxylic acids is 1. The van der Waals surface area contributed by atoms with E-state index in [4.69, 9.17) is 9.47 Å². The molecule has 0 bridgehead atoms. The molecule has 1 atom stereocenters. The second kappa shape index (κ2) is 9.26. The molecule has 0 radical (unpaired) electrons. The average Bonchev–Trinajstić information content (AvgIpc) is 2.59. The maximum absolute atomic E-state index is 12.5. The number of hydrogen-bond donors (Lipinski definition) is 1. The first-order valence-corrected chi connectivity index (χ1v) is 9.49. The van der Waals surface area contributed by atoms with Gasteiger partial charge in [-0.3, -0.25) is 4.79 Å². The zero-order chi connectivity index (χ0) is 17.7. The molecule has 9 heteroatoms. The Morgan fingerprint density at radius 3 is 2.56 bits per heavy atom. The number of methoxy groups -OCH3 is 2. The Balaban J connectivity index is 0.00000312. The molecule has 1 aromatic rings. The van der Waals surface area contributed by atoms with E-state index in [1.807, 2.05) is 6.92 Å². The molecule has 1 amide bonds. The van der Waals surface area contributed by atoms with Gasteiger partial charge in [-0.05, 0) is 19.1 Å². The molecule has 2 rings (SSSR count). The summed E-state index contributed by atoms with van der Waals surface area (Å²) in [4.78, 5) is 14.2. The van der Waals surface area contributed by atoms with Crippen molar-refractivity contribution in [2.75, 3.05) is 39.6 Å². The van der Waals surface area contributed by atoms with Gasteiger partial charge in [0.25, 0.3) is 0 Å². The van der Waals surface area contributed by atoms with Gasteiger partial charge in [0.15, 0.2) is 21.3 Å². The number of hydrogen-bond acceptors (Lipinski definition) is 6. The normalized spacial score (nSPS) is 17.6. The molecule has 1 N–H and O–H groups in total. The number of ether oxygens (including phenoxy) is 2. The SMILES string of the molecule is COc1ccc(S(=O)(=O)CCC(=O)N2CCNC[C@H]2C)cc1OC.Cl. The largest absolute Gasteiger partial charge is 0.493 e. The monoisotopic (exact) mass is 392 g/mol. The van der Waals surface area contributed by atoms with Gasteiger partial charge in [-0.25, -0.2) is 8.42 Å². The molecule has 0 unspecified atom stereocenters. The topological polar surface area (TPSA) is 84.9 Å². The van der Waals surface area contributed by atoms with E-state index >= 15 is 0 Å². The summed E-state index contributed by atoms with van der Waals surface area (Å²) in [5.74, 6) is 0.452. The molecule has 142 valence electrons. The first kappa shape index (κ1) is 21.5. The number of nitrogens with zero attached hydrogens (tertiary/aromatic N) is 1. The van der Waals surface area contributed by atoms with Crippen molar-refractivity contribution in [1.29, 1.82) is 0 Å². The van der Waals surface area contributed by atoms with Crippen LogP contribution >= 0.6 is 12.4 Å². The third-order valence-corrected chi connectivity index (χ3v) is 5.83. The molecule has 7 nitrogen and oxygen atoms in total. The van der Waals surface area contributed by atoms with Crippen LogP contribution in [-0.2, 0) is 14.6 Å². The molecule has 1 fully saturated rings. The Labute approximate surface area is 155 Å². The van der Waals surface area contributed by atoms with Crippen LogP contribution in [0.5, 0.6) is 11.5 Å². The number of rotatable bonds is 6. The van der Waals surface area contributed by atoms with E-state index < -0.39 is 9.84 Å². The van der Waals surface area contributed by atoms with Gasteiger partial charge in [-0.2, -0.15) is 0 Å². The Hall–Kier alpha value is -1.51. The average molecular weight is 393 g/mol. The standard InChI is InChI=1S/C16H24N2O5S.ClH/c1-12-11-17-7-8-18(12)16(19)6-9-24(20,21)13-4-5-14(22-2)15(10-13)23-3;/h4-5,10,12,17H,6-9,11H2,1-3H3;1H/t12-;/m1./s1. The van der Waals surface area contributed by atoms with Crippen LogP contribution in [-0.4, -0.2) is 64.9 Å². The Bertz CT molecular complexity index is 696. The fraction of sp³-hybridized carbons (Fsp3) is 0.562. The number of sulfone groups is 1. The number of amides is 1. The molecule has 0 spiro atoms. The first-order chi connectivity index (χ1) is 11.4. The third-order valence-electron chi connectivity index (χ3n) is 4.12. The lowest BCUT2D eigenvalue weighted by Gasteiger charge is -2.34. The maximum atomic E-state index is 12.5. The summed E-state index contributed by atoms with van der Waals surface area (Å²) < 4.78 is 35.2. The van der Waals surface area contributed by atoms with E-state index in [1.54, 1.807) is 11.0 Å². The lowest BCUT2D eigenvalue weighted by atomic mass is 10.2. The molecule has 25 heavy (non-hydrogen) atoms. The highest BCUT2D eigenvalue weighted by Gasteiger charge is 2.25. The molecular weight excluding hydrogens is 368 g/mol. The van der Waals surface area contributed by atoms with E-state index in [2.05, 4.69) is 5.32 Å². The van der Waals surface area contributed by atoms with Gasteiger partial charge in [0.1, 0.15) is 0 Å². The summed E-state index contributed by atoms with van der Waals surface area (Å²) in [7, 11) is -0.634. The highest BCUT2D eigenvalue weighted by atomic mass is 35.5. The number of nitrogens with one attached hydrogen (secondary N) is 1. The number of benzene rings is 1. The first-order valence-electron chi connectivity index (χ1n) is 7.84. The third kappa shape index (κ3) is 5.23. The van der Waals surface area contributed by atoms with E-state index in [0.717, 1.165) is 13.1 Å². The number of carbonyl (C=O) groups is 1. The zero-order valence-electron chi connectivity index (χ0n) is 14.6. The molecule has 1 aliphatic rings. The van der Waals surface area contributed by atoms with Crippen molar-refractivity contribution in [2.24, 2.45) is 0 Å². The molecule has 1 saturated heterocycles. The minimum absolute atomic E-state index is 0. The number of piperazine rings is 1. The Kier molecular flexibility index (Phi) is 7.98. The van der Waals surface area contributed by atoms with Gasteiger partial charge in [-0.1, -0.05) is 0 Å². The van der Waals surface area contributed by atoms with Crippen molar-refractivity contribution in [2.45, 2.75) is 24.3 Å². The van der Waals surface area contributed by atoms with E-state index in [0.29, 0.717) is 18.0 Å². The van der Waals surface area contributed by atoms with Crippen molar-refractivity contribution in [3.05, 3.63) is 18.2 Å².